The molecule has 0 spiro atoms. The van der Waals surface area contributed by atoms with E-state index in [0.29, 0.717) is 0 Å². The third-order valence-electron chi connectivity index (χ3n) is 4.58. The van der Waals surface area contributed by atoms with Crippen LogP contribution in [0.5, 0.6) is 0 Å². The summed E-state index contributed by atoms with van der Waals surface area (Å²) in [4.78, 5) is 4.41. The molecule has 1 aromatic heterocycles. The minimum atomic E-state index is 0.268. The average Bonchev–Trinajstić information content (AvgIpc) is 3.17. The Bertz CT molecular complexity index is 580. The Morgan fingerprint density at radius 3 is 2.94 bits per heavy atom. The van der Waals surface area contributed by atoms with E-state index in [9.17, 15) is 0 Å². The fraction of sp³-hybridized carbons (Fsp3) is 0.438. The molecule has 2 heterocycles. The SMILES string of the molecule is c1cnc2ccc(C3(C4CC4)CCCN3)cc2c1. The van der Waals surface area contributed by atoms with Gasteiger partial charge >= 0.3 is 0 Å². The molecule has 1 atom stereocenters. The number of pyridine rings is 1. The van der Waals surface area contributed by atoms with Gasteiger partial charge in [-0.2, -0.15) is 0 Å². The van der Waals surface area contributed by atoms with Crippen molar-refractivity contribution in [3.63, 3.8) is 0 Å². The maximum absolute atomic E-state index is 4.41. The normalized spacial score (nSPS) is 27.8. The maximum atomic E-state index is 4.41. The summed E-state index contributed by atoms with van der Waals surface area (Å²) in [5, 5.41) is 5.06. The summed E-state index contributed by atoms with van der Waals surface area (Å²) in [6, 6.07) is 11.0. The van der Waals surface area contributed by atoms with Crippen molar-refractivity contribution in [1.82, 2.24) is 10.3 Å². The summed E-state index contributed by atoms with van der Waals surface area (Å²) in [5.74, 6) is 0.856. The molecule has 1 aliphatic carbocycles. The van der Waals surface area contributed by atoms with Crippen molar-refractivity contribution < 1.29 is 0 Å². The number of hydrogen-bond donors (Lipinski definition) is 1. The highest BCUT2D eigenvalue weighted by Gasteiger charge is 2.47. The van der Waals surface area contributed by atoms with Gasteiger partial charge in [-0.05, 0) is 61.9 Å². The van der Waals surface area contributed by atoms with Gasteiger partial charge in [0.25, 0.3) is 0 Å². The van der Waals surface area contributed by atoms with Gasteiger partial charge in [0.05, 0.1) is 5.52 Å². The van der Waals surface area contributed by atoms with E-state index in [4.69, 9.17) is 0 Å². The van der Waals surface area contributed by atoms with Gasteiger partial charge in [-0.3, -0.25) is 4.98 Å². The standard InChI is InChI=1S/C16H18N2/c1-3-12-11-14(6-7-15(12)17-9-1)16(13-4-5-13)8-2-10-18-16/h1,3,6-7,9,11,13,18H,2,4-5,8,10H2. The van der Waals surface area contributed by atoms with Crippen LogP contribution in [0.3, 0.4) is 0 Å². The number of rotatable bonds is 2. The van der Waals surface area contributed by atoms with Crippen LogP contribution >= 0.6 is 0 Å². The molecule has 1 N–H and O–H groups in total. The van der Waals surface area contributed by atoms with E-state index in [1.54, 1.807) is 0 Å². The van der Waals surface area contributed by atoms with Gasteiger partial charge in [0.15, 0.2) is 0 Å². The molecule has 1 aliphatic heterocycles. The highest BCUT2D eigenvalue weighted by molar-refractivity contribution is 5.79. The van der Waals surface area contributed by atoms with Crippen LogP contribution in [0.1, 0.15) is 31.2 Å². The quantitative estimate of drug-likeness (QED) is 0.869. The summed E-state index contributed by atoms with van der Waals surface area (Å²) in [5.41, 5.74) is 2.84. The topological polar surface area (TPSA) is 24.9 Å². The van der Waals surface area contributed by atoms with E-state index in [0.717, 1.165) is 11.4 Å². The summed E-state index contributed by atoms with van der Waals surface area (Å²) in [6.07, 6.45) is 7.24. The van der Waals surface area contributed by atoms with Gasteiger partial charge in [0.2, 0.25) is 0 Å². The van der Waals surface area contributed by atoms with Crippen molar-refractivity contribution in [2.75, 3.05) is 6.54 Å². The third-order valence-corrected chi connectivity index (χ3v) is 4.58. The van der Waals surface area contributed by atoms with E-state index in [1.807, 2.05) is 12.3 Å². The summed E-state index contributed by atoms with van der Waals surface area (Å²) >= 11 is 0. The van der Waals surface area contributed by atoms with Crippen LogP contribution in [-0.4, -0.2) is 11.5 Å². The fourth-order valence-corrected chi connectivity index (χ4v) is 3.53. The Balaban J connectivity index is 1.85. The van der Waals surface area contributed by atoms with Crippen LogP contribution in [0.4, 0.5) is 0 Å². The molecule has 1 saturated heterocycles. The molecular weight excluding hydrogens is 220 g/mol. The summed E-state index contributed by atoms with van der Waals surface area (Å²) in [6.45, 7) is 1.17. The molecule has 1 aromatic carbocycles. The van der Waals surface area contributed by atoms with E-state index in [-0.39, 0.29) is 5.54 Å². The first kappa shape index (κ1) is 10.5. The van der Waals surface area contributed by atoms with Crippen molar-refractivity contribution in [3.05, 3.63) is 42.1 Å². The Labute approximate surface area is 107 Å². The smallest absolute Gasteiger partial charge is 0.0702 e. The highest BCUT2D eigenvalue weighted by Crippen LogP contribution is 2.50. The zero-order valence-corrected chi connectivity index (χ0v) is 10.5. The molecule has 1 saturated carbocycles. The number of nitrogens with zero attached hydrogens (tertiary/aromatic N) is 1. The molecule has 2 heteroatoms. The van der Waals surface area contributed by atoms with Crippen molar-refractivity contribution in [2.45, 2.75) is 31.2 Å². The highest BCUT2D eigenvalue weighted by atomic mass is 15.0. The van der Waals surface area contributed by atoms with Crippen LogP contribution < -0.4 is 5.32 Å². The van der Waals surface area contributed by atoms with Crippen LogP contribution in [0.2, 0.25) is 0 Å². The van der Waals surface area contributed by atoms with Gasteiger partial charge in [0, 0.05) is 17.1 Å². The molecule has 0 bridgehead atoms. The molecule has 2 nitrogen and oxygen atoms in total. The lowest BCUT2D eigenvalue weighted by Crippen LogP contribution is -2.38. The Morgan fingerprint density at radius 2 is 2.17 bits per heavy atom. The lowest BCUT2D eigenvalue weighted by molar-refractivity contribution is 0.336. The number of fused-ring (bicyclic) bond motifs is 1. The van der Waals surface area contributed by atoms with Crippen LogP contribution in [-0.2, 0) is 5.54 Å². The second-order valence-corrected chi connectivity index (χ2v) is 5.69. The maximum Gasteiger partial charge on any atom is 0.0702 e. The Hall–Kier alpha value is -1.41. The van der Waals surface area contributed by atoms with E-state index < -0.39 is 0 Å². The van der Waals surface area contributed by atoms with Gasteiger partial charge in [-0.1, -0.05) is 12.1 Å². The molecule has 2 aliphatic rings. The van der Waals surface area contributed by atoms with Crippen LogP contribution in [0.25, 0.3) is 10.9 Å². The molecule has 2 fully saturated rings. The van der Waals surface area contributed by atoms with Crippen molar-refractivity contribution in [2.24, 2.45) is 5.92 Å². The minimum Gasteiger partial charge on any atom is -0.307 e. The number of nitrogens with one attached hydrogen (secondary N) is 1. The monoisotopic (exact) mass is 238 g/mol. The molecule has 18 heavy (non-hydrogen) atoms. The first-order valence-electron chi connectivity index (χ1n) is 6.99. The average molecular weight is 238 g/mol. The number of benzene rings is 1. The largest absolute Gasteiger partial charge is 0.307 e. The van der Waals surface area contributed by atoms with Crippen LogP contribution in [0.15, 0.2) is 36.5 Å². The molecule has 2 aromatic rings. The van der Waals surface area contributed by atoms with Crippen molar-refractivity contribution in [3.8, 4) is 0 Å². The van der Waals surface area contributed by atoms with E-state index in [2.05, 4.69) is 34.6 Å². The zero-order chi connectivity index (χ0) is 12.0. The fourth-order valence-electron chi connectivity index (χ4n) is 3.53. The first-order valence-corrected chi connectivity index (χ1v) is 6.99. The molecule has 1 unspecified atom stereocenters. The van der Waals surface area contributed by atoms with Crippen molar-refractivity contribution >= 4 is 10.9 Å². The summed E-state index contributed by atoms with van der Waals surface area (Å²) < 4.78 is 0. The number of aromatic nitrogens is 1. The van der Waals surface area contributed by atoms with Crippen LogP contribution in [0, 0.1) is 5.92 Å². The lowest BCUT2D eigenvalue weighted by atomic mass is 9.83. The lowest BCUT2D eigenvalue weighted by Gasteiger charge is -2.30. The zero-order valence-electron chi connectivity index (χ0n) is 10.5. The molecule has 92 valence electrons. The molecular formula is C16H18N2. The number of hydrogen-bond acceptors (Lipinski definition) is 2. The van der Waals surface area contributed by atoms with E-state index >= 15 is 0 Å². The first-order chi connectivity index (χ1) is 8.88. The van der Waals surface area contributed by atoms with Gasteiger partial charge in [-0.25, -0.2) is 0 Å². The van der Waals surface area contributed by atoms with Crippen molar-refractivity contribution in [1.29, 1.82) is 0 Å². The second-order valence-electron chi connectivity index (χ2n) is 5.69. The second kappa shape index (κ2) is 3.79. The third kappa shape index (κ3) is 1.49. The summed E-state index contributed by atoms with van der Waals surface area (Å²) in [7, 11) is 0. The minimum absolute atomic E-state index is 0.268. The Kier molecular flexibility index (Phi) is 2.21. The van der Waals surface area contributed by atoms with Gasteiger partial charge in [-0.15, -0.1) is 0 Å². The molecule has 0 radical (unpaired) electrons. The molecule has 0 amide bonds. The Morgan fingerprint density at radius 1 is 1.22 bits per heavy atom. The predicted molar refractivity (Wildman–Crippen MR) is 73.4 cm³/mol. The van der Waals surface area contributed by atoms with Gasteiger partial charge < -0.3 is 5.32 Å². The predicted octanol–water partition coefficient (Wildman–Crippen LogP) is 3.22. The van der Waals surface area contributed by atoms with E-state index in [1.165, 1.54) is 43.2 Å². The van der Waals surface area contributed by atoms with Gasteiger partial charge in [0.1, 0.15) is 0 Å². The molecule has 4 rings (SSSR count).